The molecule has 0 radical (unpaired) electrons. The number of carbonyl (C=O) groups excluding carboxylic acids is 2. The van der Waals surface area contributed by atoms with E-state index in [0.29, 0.717) is 41.2 Å². The quantitative estimate of drug-likeness (QED) is 0.550. The molecule has 7 nitrogen and oxygen atoms in total. The molecule has 3 aromatic rings. The number of hydrogen-bond acceptors (Lipinski definition) is 5. The topological polar surface area (TPSA) is 87.2 Å². The van der Waals surface area contributed by atoms with E-state index in [4.69, 9.17) is 23.2 Å². The summed E-state index contributed by atoms with van der Waals surface area (Å²) in [6.07, 6.45) is 1.70. The number of aromatic nitrogens is 2. The molecule has 1 fully saturated rings. The number of likely N-dealkylation sites (tertiary alicyclic amines) is 1. The first-order valence-electron chi connectivity index (χ1n) is 10.1. The predicted octanol–water partition coefficient (Wildman–Crippen LogP) is 4.59. The first-order chi connectivity index (χ1) is 15.4. The zero-order valence-corrected chi connectivity index (χ0v) is 18.8. The molecular formula is C23H21Cl2N5O2. The van der Waals surface area contributed by atoms with Crippen LogP contribution in [0.15, 0.2) is 54.7 Å². The molecule has 2 heterocycles. The number of nitrogens with one attached hydrogen (secondary N) is 2. The minimum atomic E-state index is -0.155. The lowest BCUT2D eigenvalue weighted by atomic mass is 9.99. The van der Waals surface area contributed by atoms with Crippen LogP contribution >= 0.6 is 23.2 Å². The summed E-state index contributed by atoms with van der Waals surface area (Å²) < 4.78 is 0. The van der Waals surface area contributed by atoms with Gasteiger partial charge in [-0.05, 0) is 30.3 Å². The van der Waals surface area contributed by atoms with Crippen LogP contribution in [0.3, 0.4) is 0 Å². The van der Waals surface area contributed by atoms with Crippen molar-refractivity contribution in [2.75, 3.05) is 30.3 Å². The van der Waals surface area contributed by atoms with Crippen LogP contribution < -0.4 is 10.6 Å². The van der Waals surface area contributed by atoms with E-state index in [9.17, 15) is 9.59 Å². The second-order valence-corrected chi connectivity index (χ2v) is 8.39. The van der Waals surface area contributed by atoms with Gasteiger partial charge in [0.1, 0.15) is 0 Å². The Balaban J connectivity index is 1.32. The molecule has 0 atom stereocenters. The minimum absolute atomic E-state index is 0.113. The molecule has 32 heavy (non-hydrogen) atoms. The molecular weight excluding hydrogens is 449 g/mol. The number of halogens is 2. The first kappa shape index (κ1) is 22.0. The number of benzene rings is 2. The second kappa shape index (κ2) is 9.54. The van der Waals surface area contributed by atoms with Gasteiger partial charge in [0.15, 0.2) is 0 Å². The highest BCUT2D eigenvalue weighted by atomic mass is 35.5. The molecule has 164 valence electrons. The molecule has 1 aromatic heterocycles. The van der Waals surface area contributed by atoms with Gasteiger partial charge in [-0.1, -0.05) is 41.4 Å². The van der Waals surface area contributed by atoms with E-state index in [-0.39, 0.29) is 17.7 Å². The molecule has 4 rings (SSSR count). The van der Waals surface area contributed by atoms with Crippen molar-refractivity contribution < 1.29 is 9.59 Å². The Morgan fingerprint density at radius 2 is 1.75 bits per heavy atom. The number of nitrogens with zero attached hydrogens (tertiary/aromatic N) is 3. The lowest BCUT2D eigenvalue weighted by molar-refractivity contribution is -0.114. The normalized spacial score (nSPS) is 13.4. The van der Waals surface area contributed by atoms with Gasteiger partial charge in [0, 0.05) is 49.9 Å². The number of carbonyl (C=O) groups is 2. The van der Waals surface area contributed by atoms with Crippen molar-refractivity contribution in [3.05, 3.63) is 70.3 Å². The third-order valence-corrected chi connectivity index (χ3v) is 5.76. The van der Waals surface area contributed by atoms with E-state index in [0.717, 1.165) is 16.9 Å². The molecule has 0 aliphatic carbocycles. The molecule has 2 amide bonds. The summed E-state index contributed by atoms with van der Waals surface area (Å²) in [6, 6.07) is 14.3. The van der Waals surface area contributed by atoms with Crippen LogP contribution in [-0.2, 0) is 4.79 Å². The second-order valence-electron chi connectivity index (χ2n) is 7.58. The van der Waals surface area contributed by atoms with Gasteiger partial charge in [-0.2, -0.15) is 0 Å². The fourth-order valence-electron chi connectivity index (χ4n) is 3.49. The third-order valence-electron chi connectivity index (χ3n) is 5.13. The smallest absolute Gasteiger partial charge is 0.256 e. The third kappa shape index (κ3) is 5.00. The van der Waals surface area contributed by atoms with Gasteiger partial charge in [-0.3, -0.25) is 9.59 Å². The van der Waals surface area contributed by atoms with Crippen LogP contribution in [0.1, 0.15) is 17.3 Å². The Morgan fingerprint density at radius 3 is 2.41 bits per heavy atom. The van der Waals surface area contributed by atoms with E-state index < -0.39 is 0 Å². The van der Waals surface area contributed by atoms with Gasteiger partial charge in [0.05, 0.1) is 21.3 Å². The van der Waals surface area contributed by atoms with Crippen molar-refractivity contribution in [2.24, 2.45) is 5.92 Å². The maximum Gasteiger partial charge on any atom is 0.256 e. The van der Waals surface area contributed by atoms with Crippen molar-refractivity contribution in [3.63, 3.8) is 0 Å². The average molecular weight is 470 g/mol. The molecule has 0 unspecified atom stereocenters. The van der Waals surface area contributed by atoms with E-state index >= 15 is 0 Å². The zero-order chi connectivity index (χ0) is 22.7. The molecule has 1 aliphatic rings. The van der Waals surface area contributed by atoms with Crippen molar-refractivity contribution in [1.29, 1.82) is 0 Å². The SMILES string of the molecule is CC(=O)Nc1ccc(-c2ccnc(NCC3CN(C(=O)c4c(Cl)cccc4Cl)C3)n2)cc1. The van der Waals surface area contributed by atoms with Crippen LogP contribution in [0.2, 0.25) is 10.0 Å². The summed E-state index contributed by atoms with van der Waals surface area (Å²) in [5.41, 5.74) is 2.77. The Kier molecular flexibility index (Phi) is 6.58. The lowest BCUT2D eigenvalue weighted by Gasteiger charge is -2.39. The van der Waals surface area contributed by atoms with Crippen LogP contribution in [0.5, 0.6) is 0 Å². The summed E-state index contributed by atoms with van der Waals surface area (Å²) in [5, 5.41) is 6.71. The molecule has 2 aromatic carbocycles. The van der Waals surface area contributed by atoms with E-state index in [1.54, 1.807) is 29.3 Å². The molecule has 1 saturated heterocycles. The maximum atomic E-state index is 12.7. The minimum Gasteiger partial charge on any atom is -0.354 e. The monoisotopic (exact) mass is 469 g/mol. The number of anilines is 2. The van der Waals surface area contributed by atoms with Gasteiger partial charge in [-0.25, -0.2) is 9.97 Å². The molecule has 9 heteroatoms. The van der Waals surface area contributed by atoms with E-state index in [1.165, 1.54) is 6.92 Å². The highest BCUT2D eigenvalue weighted by Gasteiger charge is 2.32. The Bertz CT molecular complexity index is 1130. The zero-order valence-electron chi connectivity index (χ0n) is 17.3. The molecule has 0 spiro atoms. The molecule has 0 saturated carbocycles. The van der Waals surface area contributed by atoms with E-state index in [2.05, 4.69) is 20.6 Å². The lowest BCUT2D eigenvalue weighted by Crippen LogP contribution is -2.52. The summed E-state index contributed by atoms with van der Waals surface area (Å²) >= 11 is 12.3. The number of hydrogen-bond donors (Lipinski definition) is 2. The van der Waals surface area contributed by atoms with Crippen molar-refractivity contribution in [2.45, 2.75) is 6.92 Å². The van der Waals surface area contributed by atoms with Crippen LogP contribution in [0.25, 0.3) is 11.3 Å². The van der Waals surface area contributed by atoms with Gasteiger partial charge in [-0.15, -0.1) is 0 Å². The fourth-order valence-corrected chi connectivity index (χ4v) is 4.05. The van der Waals surface area contributed by atoms with Crippen molar-refractivity contribution in [3.8, 4) is 11.3 Å². The summed E-state index contributed by atoms with van der Waals surface area (Å²) in [5.74, 6) is 0.534. The summed E-state index contributed by atoms with van der Waals surface area (Å²) in [4.78, 5) is 34.4. The number of amides is 2. The Labute approximate surface area is 195 Å². The summed E-state index contributed by atoms with van der Waals surface area (Å²) in [6.45, 7) is 3.33. The highest BCUT2D eigenvalue weighted by molar-refractivity contribution is 6.39. The average Bonchev–Trinajstić information content (AvgIpc) is 2.73. The van der Waals surface area contributed by atoms with Gasteiger partial charge in [0.25, 0.3) is 5.91 Å². The predicted molar refractivity (Wildman–Crippen MR) is 126 cm³/mol. The number of rotatable bonds is 6. The highest BCUT2D eigenvalue weighted by Crippen LogP contribution is 2.28. The van der Waals surface area contributed by atoms with Crippen LogP contribution in [-0.4, -0.2) is 46.3 Å². The van der Waals surface area contributed by atoms with Crippen LogP contribution in [0.4, 0.5) is 11.6 Å². The standard InChI is InChI=1S/C23H21Cl2N5O2/c1-14(31)28-17-7-5-16(6-8-17)20-9-10-26-23(29-20)27-11-15-12-30(13-15)22(32)21-18(24)3-2-4-19(21)25/h2-10,15H,11-13H2,1H3,(H,28,31)(H,26,27,29). The van der Waals surface area contributed by atoms with Gasteiger partial charge in [0.2, 0.25) is 11.9 Å². The molecule has 1 aliphatic heterocycles. The van der Waals surface area contributed by atoms with Gasteiger partial charge < -0.3 is 15.5 Å². The molecule has 0 bridgehead atoms. The van der Waals surface area contributed by atoms with Gasteiger partial charge >= 0.3 is 0 Å². The van der Waals surface area contributed by atoms with Crippen molar-refractivity contribution >= 4 is 46.7 Å². The first-order valence-corrected chi connectivity index (χ1v) is 10.8. The Morgan fingerprint density at radius 1 is 1.06 bits per heavy atom. The van der Waals surface area contributed by atoms with E-state index in [1.807, 2.05) is 30.3 Å². The maximum absolute atomic E-state index is 12.7. The molecule has 2 N–H and O–H groups in total. The Hall–Kier alpha value is -3.16. The summed E-state index contributed by atoms with van der Waals surface area (Å²) in [7, 11) is 0. The van der Waals surface area contributed by atoms with Crippen LogP contribution in [0, 0.1) is 5.92 Å². The fraction of sp³-hybridized carbons (Fsp3) is 0.217. The largest absolute Gasteiger partial charge is 0.354 e. The van der Waals surface area contributed by atoms with Crippen molar-refractivity contribution in [1.82, 2.24) is 14.9 Å².